The summed E-state index contributed by atoms with van der Waals surface area (Å²) in [7, 11) is 0. The van der Waals surface area contributed by atoms with Gasteiger partial charge in [0.15, 0.2) is 0 Å². The van der Waals surface area contributed by atoms with Crippen LogP contribution in [0.25, 0.3) is 0 Å². The van der Waals surface area contributed by atoms with Crippen molar-refractivity contribution in [1.29, 1.82) is 0 Å². The molecule has 16 heavy (non-hydrogen) atoms. The van der Waals surface area contributed by atoms with Crippen LogP contribution in [0, 0.1) is 0 Å². The molecule has 0 saturated heterocycles. The van der Waals surface area contributed by atoms with E-state index in [0.29, 0.717) is 5.69 Å². The Kier molecular flexibility index (Phi) is 2.23. The van der Waals surface area contributed by atoms with Gasteiger partial charge in [-0.15, -0.1) is 0 Å². The molecule has 4 heteroatoms. The van der Waals surface area contributed by atoms with Crippen molar-refractivity contribution in [2.45, 2.75) is 9.79 Å². The van der Waals surface area contributed by atoms with E-state index in [2.05, 4.69) is 22.9 Å². The fourth-order valence-electron chi connectivity index (χ4n) is 1.70. The van der Waals surface area contributed by atoms with Crippen molar-refractivity contribution in [2.24, 2.45) is 0 Å². The Hall–Kier alpha value is -1.65. The Morgan fingerprint density at radius 3 is 2.69 bits per heavy atom. The van der Waals surface area contributed by atoms with Crippen LogP contribution >= 0.6 is 11.8 Å². The average Bonchev–Trinajstić information content (AvgIpc) is 2.35. The maximum atomic E-state index is 8.85. The second-order valence-electron chi connectivity index (χ2n) is 3.55. The van der Waals surface area contributed by atoms with Gasteiger partial charge in [0.25, 0.3) is 0 Å². The molecule has 0 atom stereocenters. The zero-order valence-electron chi connectivity index (χ0n) is 8.40. The molecule has 3 rings (SSSR count). The largest absolute Gasteiger partial charge is 0.354 e. The maximum Gasteiger partial charge on any atom is 0.0614 e. The van der Waals surface area contributed by atoms with Crippen LogP contribution in [0.4, 0.5) is 17.1 Å². The Bertz CT molecular complexity index is 542. The highest BCUT2D eigenvalue weighted by Crippen LogP contribution is 2.44. The van der Waals surface area contributed by atoms with Gasteiger partial charge >= 0.3 is 0 Å². The molecular weight excluding hydrogens is 220 g/mol. The van der Waals surface area contributed by atoms with Crippen LogP contribution in [0.1, 0.15) is 0 Å². The van der Waals surface area contributed by atoms with Crippen LogP contribution < -0.4 is 10.8 Å². The van der Waals surface area contributed by atoms with Gasteiger partial charge in [0, 0.05) is 9.79 Å². The summed E-state index contributed by atoms with van der Waals surface area (Å²) in [6.45, 7) is 0. The fourth-order valence-corrected chi connectivity index (χ4v) is 2.73. The van der Waals surface area contributed by atoms with Gasteiger partial charge in [-0.1, -0.05) is 23.9 Å². The molecule has 3 N–H and O–H groups in total. The second kappa shape index (κ2) is 3.73. The maximum absolute atomic E-state index is 8.85. The van der Waals surface area contributed by atoms with Gasteiger partial charge in [0.05, 0.1) is 17.1 Å². The van der Waals surface area contributed by atoms with Crippen LogP contribution in [0.15, 0.2) is 52.3 Å². The first kappa shape index (κ1) is 9.57. The molecule has 3 nitrogen and oxygen atoms in total. The monoisotopic (exact) mass is 230 g/mol. The minimum atomic E-state index is 0.701. The summed E-state index contributed by atoms with van der Waals surface area (Å²) in [4.78, 5) is 2.31. The summed E-state index contributed by atoms with van der Waals surface area (Å²) >= 11 is 1.70. The number of hydrogen-bond donors (Lipinski definition) is 3. The van der Waals surface area contributed by atoms with E-state index in [1.165, 1.54) is 4.90 Å². The highest BCUT2D eigenvalue weighted by Gasteiger charge is 2.14. The number of fused-ring (bicyclic) bond motifs is 2. The van der Waals surface area contributed by atoms with E-state index in [9.17, 15) is 0 Å². The van der Waals surface area contributed by atoms with Crippen LogP contribution in [0.5, 0.6) is 0 Å². The first-order chi connectivity index (χ1) is 7.86. The van der Waals surface area contributed by atoms with Gasteiger partial charge in [0.2, 0.25) is 0 Å². The molecular formula is C12H10N2OS. The molecule has 2 aromatic carbocycles. The first-order valence-corrected chi connectivity index (χ1v) is 5.76. The lowest BCUT2D eigenvalue weighted by Gasteiger charge is -2.20. The lowest BCUT2D eigenvalue weighted by molar-refractivity contribution is 0.389. The molecule has 1 heterocycles. The molecule has 80 valence electrons. The first-order valence-electron chi connectivity index (χ1n) is 4.95. The fraction of sp³-hybridized carbons (Fsp3) is 0. The molecule has 0 aromatic heterocycles. The normalized spacial score (nSPS) is 12.3. The molecule has 1 aliphatic rings. The van der Waals surface area contributed by atoms with Gasteiger partial charge in [-0.25, -0.2) is 0 Å². The Labute approximate surface area is 97.5 Å². The minimum Gasteiger partial charge on any atom is -0.354 e. The number of rotatable bonds is 1. The van der Waals surface area contributed by atoms with E-state index in [1.54, 1.807) is 11.8 Å². The Morgan fingerprint density at radius 2 is 1.81 bits per heavy atom. The third-order valence-electron chi connectivity index (χ3n) is 2.49. The molecule has 0 amide bonds. The van der Waals surface area contributed by atoms with E-state index >= 15 is 0 Å². The number of benzene rings is 2. The third-order valence-corrected chi connectivity index (χ3v) is 3.62. The lowest BCUT2D eigenvalue weighted by Crippen LogP contribution is -2.00. The summed E-state index contributed by atoms with van der Waals surface area (Å²) in [5.74, 6) is 0. The summed E-state index contributed by atoms with van der Waals surface area (Å²) < 4.78 is 0. The van der Waals surface area contributed by atoms with E-state index in [1.807, 2.05) is 30.3 Å². The Morgan fingerprint density at radius 1 is 1.00 bits per heavy atom. The van der Waals surface area contributed by atoms with Gasteiger partial charge in [-0.3, -0.25) is 10.7 Å². The zero-order chi connectivity index (χ0) is 11.0. The van der Waals surface area contributed by atoms with E-state index in [0.717, 1.165) is 16.3 Å². The predicted octanol–water partition coefficient (Wildman–Crippen LogP) is 3.70. The van der Waals surface area contributed by atoms with Crippen LogP contribution in [-0.4, -0.2) is 5.21 Å². The molecule has 0 aliphatic carbocycles. The van der Waals surface area contributed by atoms with Crippen molar-refractivity contribution in [3.63, 3.8) is 0 Å². The van der Waals surface area contributed by atoms with Crippen molar-refractivity contribution in [1.82, 2.24) is 0 Å². The smallest absolute Gasteiger partial charge is 0.0614 e. The molecule has 0 unspecified atom stereocenters. The second-order valence-corrected chi connectivity index (χ2v) is 4.63. The topological polar surface area (TPSA) is 44.3 Å². The van der Waals surface area contributed by atoms with Crippen molar-refractivity contribution < 1.29 is 5.21 Å². The van der Waals surface area contributed by atoms with Crippen molar-refractivity contribution in [2.75, 3.05) is 10.8 Å². The summed E-state index contributed by atoms with van der Waals surface area (Å²) in [6.07, 6.45) is 0. The molecule has 0 saturated carbocycles. The van der Waals surface area contributed by atoms with E-state index < -0.39 is 0 Å². The summed E-state index contributed by atoms with van der Waals surface area (Å²) in [6, 6.07) is 13.9. The number of nitrogens with one attached hydrogen (secondary N) is 2. The number of anilines is 3. The van der Waals surface area contributed by atoms with Crippen molar-refractivity contribution in [3.05, 3.63) is 42.5 Å². The van der Waals surface area contributed by atoms with Gasteiger partial charge < -0.3 is 5.32 Å². The quantitative estimate of drug-likeness (QED) is 0.558. The van der Waals surface area contributed by atoms with Gasteiger partial charge in [-0.2, -0.15) is 0 Å². The average molecular weight is 230 g/mol. The lowest BCUT2D eigenvalue weighted by atomic mass is 10.2. The number of para-hydroxylation sites is 1. The summed E-state index contributed by atoms with van der Waals surface area (Å²) in [5.41, 5.74) is 5.06. The van der Waals surface area contributed by atoms with E-state index in [4.69, 9.17) is 5.21 Å². The third kappa shape index (κ3) is 1.52. The SMILES string of the molecule is ONc1ccc2c(c1)Sc1ccccc1N2. The molecule has 2 aromatic rings. The molecule has 1 aliphatic heterocycles. The van der Waals surface area contributed by atoms with Gasteiger partial charge in [-0.05, 0) is 30.3 Å². The van der Waals surface area contributed by atoms with Crippen molar-refractivity contribution >= 4 is 28.8 Å². The standard InChI is InChI=1S/C12H10N2OS/c15-14-8-5-6-10-12(7-8)16-11-4-2-1-3-9(11)13-10/h1-7,13-15H. The molecule has 0 spiro atoms. The predicted molar refractivity (Wildman–Crippen MR) is 65.7 cm³/mol. The molecule has 0 bridgehead atoms. The van der Waals surface area contributed by atoms with E-state index in [-0.39, 0.29) is 0 Å². The highest BCUT2D eigenvalue weighted by molar-refractivity contribution is 7.99. The van der Waals surface area contributed by atoms with Gasteiger partial charge in [0.1, 0.15) is 0 Å². The Balaban J connectivity index is 2.05. The van der Waals surface area contributed by atoms with Crippen molar-refractivity contribution in [3.8, 4) is 0 Å². The summed E-state index contributed by atoms with van der Waals surface area (Å²) in [5, 5.41) is 12.2. The van der Waals surface area contributed by atoms with Crippen LogP contribution in [0.3, 0.4) is 0 Å². The highest BCUT2D eigenvalue weighted by atomic mass is 32.2. The molecule has 0 fully saturated rings. The number of hydrogen-bond acceptors (Lipinski definition) is 4. The zero-order valence-corrected chi connectivity index (χ0v) is 9.21. The van der Waals surface area contributed by atoms with Crippen LogP contribution in [-0.2, 0) is 0 Å². The van der Waals surface area contributed by atoms with Crippen LogP contribution in [0.2, 0.25) is 0 Å². The molecule has 0 radical (unpaired) electrons. The minimum absolute atomic E-state index is 0.701.